The SMILES string of the molecule is Cc1cc(C)c(OP(=O)(Oc2c(C)cc(C)cc2C)Oc2c(C)cc(C)cc2C)c(C)c1. The van der Waals surface area contributed by atoms with Crippen LogP contribution >= 0.6 is 7.82 Å². The molecule has 0 aliphatic heterocycles. The standard InChI is InChI=1S/C27H33O4P/c1-16-10-19(4)25(20(5)11-16)29-32(28,30-26-21(6)12-17(2)13-22(26)7)31-27-23(8)14-18(3)15-24(27)9/h10-15H,1-9H3. The second-order valence-corrected chi connectivity index (χ2v) is 10.3. The third kappa shape index (κ3) is 5.19. The van der Waals surface area contributed by atoms with Crippen molar-refractivity contribution in [3.05, 3.63) is 86.5 Å². The van der Waals surface area contributed by atoms with Gasteiger partial charge in [-0.05, 0) is 95.7 Å². The topological polar surface area (TPSA) is 44.8 Å². The highest BCUT2D eigenvalue weighted by atomic mass is 31.2. The Bertz CT molecular complexity index is 1010. The van der Waals surface area contributed by atoms with Crippen molar-refractivity contribution in [3.8, 4) is 17.2 Å². The van der Waals surface area contributed by atoms with Gasteiger partial charge >= 0.3 is 7.82 Å². The van der Waals surface area contributed by atoms with Crippen LogP contribution in [-0.4, -0.2) is 0 Å². The molecular formula is C27H33O4P. The van der Waals surface area contributed by atoms with Crippen molar-refractivity contribution in [2.24, 2.45) is 0 Å². The fourth-order valence-corrected chi connectivity index (χ4v) is 5.97. The Balaban J connectivity index is 2.12. The highest BCUT2D eigenvalue weighted by molar-refractivity contribution is 7.49. The van der Waals surface area contributed by atoms with Gasteiger partial charge in [0.05, 0.1) is 0 Å². The van der Waals surface area contributed by atoms with Crippen LogP contribution in [0.5, 0.6) is 17.2 Å². The predicted octanol–water partition coefficient (Wildman–Crippen LogP) is 8.11. The third-order valence-corrected chi connectivity index (χ3v) is 6.64. The van der Waals surface area contributed by atoms with Crippen LogP contribution < -0.4 is 13.6 Å². The summed E-state index contributed by atoms with van der Waals surface area (Å²) >= 11 is 0. The quantitative estimate of drug-likeness (QED) is 0.354. The van der Waals surface area contributed by atoms with Gasteiger partial charge in [0.2, 0.25) is 0 Å². The van der Waals surface area contributed by atoms with E-state index in [1.165, 1.54) is 0 Å². The molecule has 0 aromatic heterocycles. The Labute approximate surface area is 192 Å². The van der Waals surface area contributed by atoms with Gasteiger partial charge in [0.15, 0.2) is 0 Å². The number of hydrogen-bond acceptors (Lipinski definition) is 4. The molecule has 0 saturated heterocycles. The molecule has 4 nitrogen and oxygen atoms in total. The van der Waals surface area contributed by atoms with E-state index in [0.717, 1.165) is 50.1 Å². The molecule has 3 rings (SSSR count). The molecule has 0 atom stereocenters. The van der Waals surface area contributed by atoms with Crippen molar-refractivity contribution in [2.75, 3.05) is 0 Å². The molecule has 3 aromatic rings. The molecule has 0 fully saturated rings. The molecule has 0 aliphatic rings. The summed E-state index contributed by atoms with van der Waals surface area (Å²) in [5.74, 6) is 1.55. The molecule has 0 amide bonds. The zero-order chi connectivity index (χ0) is 23.8. The van der Waals surface area contributed by atoms with E-state index in [1.807, 2.05) is 98.7 Å². The van der Waals surface area contributed by atoms with Crippen molar-refractivity contribution in [1.29, 1.82) is 0 Å². The van der Waals surface area contributed by atoms with Crippen LogP contribution in [0.1, 0.15) is 50.1 Å². The number of hydrogen-bond donors (Lipinski definition) is 0. The summed E-state index contributed by atoms with van der Waals surface area (Å²) in [5, 5.41) is 0. The van der Waals surface area contributed by atoms with Crippen molar-refractivity contribution in [3.63, 3.8) is 0 Å². The van der Waals surface area contributed by atoms with Crippen molar-refractivity contribution >= 4 is 7.82 Å². The monoisotopic (exact) mass is 452 g/mol. The molecular weight excluding hydrogens is 419 g/mol. The lowest BCUT2D eigenvalue weighted by molar-refractivity contribution is 0.294. The average Bonchev–Trinajstić information content (AvgIpc) is 2.64. The Hall–Kier alpha value is -2.71. The van der Waals surface area contributed by atoms with Gasteiger partial charge in [0.1, 0.15) is 17.2 Å². The maximum absolute atomic E-state index is 14.2. The van der Waals surface area contributed by atoms with Gasteiger partial charge in [0.25, 0.3) is 0 Å². The van der Waals surface area contributed by atoms with E-state index < -0.39 is 7.82 Å². The maximum atomic E-state index is 14.2. The number of phosphoric acid groups is 1. The molecule has 0 radical (unpaired) electrons. The highest BCUT2D eigenvalue weighted by Crippen LogP contribution is 2.53. The molecule has 0 N–H and O–H groups in total. The van der Waals surface area contributed by atoms with Crippen LogP contribution in [0.15, 0.2) is 36.4 Å². The summed E-state index contributed by atoms with van der Waals surface area (Å²) in [6.07, 6.45) is 0. The second kappa shape index (κ2) is 9.03. The normalized spacial score (nSPS) is 11.4. The lowest BCUT2D eigenvalue weighted by atomic mass is 10.1. The van der Waals surface area contributed by atoms with Crippen LogP contribution in [0.2, 0.25) is 0 Å². The summed E-state index contributed by atoms with van der Waals surface area (Å²) < 4.78 is 32.6. The van der Waals surface area contributed by atoms with Crippen LogP contribution in [-0.2, 0) is 4.57 Å². The van der Waals surface area contributed by atoms with Gasteiger partial charge in [-0.15, -0.1) is 0 Å². The number of rotatable bonds is 6. The van der Waals surface area contributed by atoms with Crippen LogP contribution in [0.4, 0.5) is 0 Å². The molecule has 0 saturated carbocycles. The van der Waals surface area contributed by atoms with E-state index in [9.17, 15) is 4.57 Å². The number of aryl methyl sites for hydroxylation is 9. The van der Waals surface area contributed by atoms with E-state index in [0.29, 0.717) is 17.2 Å². The molecule has 170 valence electrons. The van der Waals surface area contributed by atoms with Gasteiger partial charge in [-0.25, -0.2) is 0 Å². The van der Waals surface area contributed by atoms with Crippen molar-refractivity contribution < 1.29 is 18.1 Å². The predicted molar refractivity (Wildman–Crippen MR) is 131 cm³/mol. The molecule has 5 heteroatoms. The van der Waals surface area contributed by atoms with Gasteiger partial charge in [-0.1, -0.05) is 53.1 Å². The first kappa shape index (κ1) is 23.9. The molecule has 0 unspecified atom stereocenters. The third-order valence-electron chi connectivity index (χ3n) is 5.42. The van der Waals surface area contributed by atoms with Gasteiger partial charge < -0.3 is 13.6 Å². The Morgan fingerprint density at radius 3 is 0.812 bits per heavy atom. The zero-order valence-electron chi connectivity index (χ0n) is 20.5. The first-order chi connectivity index (χ1) is 14.9. The van der Waals surface area contributed by atoms with Crippen molar-refractivity contribution in [2.45, 2.75) is 62.3 Å². The maximum Gasteiger partial charge on any atom is 0.647 e. The lowest BCUT2D eigenvalue weighted by Gasteiger charge is -2.24. The van der Waals surface area contributed by atoms with E-state index in [2.05, 4.69) is 0 Å². The first-order valence-corrected chi connectivity index (χ1v) is 12.3. The fraction of sp³-hybridized carbons (Fsp3) is 0.333. The molecule has 0 heterocycles. The van der Waals surface area contributed by atoms with Gasteiger partial charge in [-0.3, -0.25) is 0 Å². The van der Waals surface area contributed by atoms with E-state index in [-0.39, 0.29) is 0 Å². The zero-order valence-corrected chi connectivity index (χ0v) is 21.4. The Kier molecular flexibility index (Phi) is 6.76. The minimum Gasteiger partial charge on any atom is -0.385 e. The molecule has 0 aliphatic carbocycles. The van der Waals surface area contributed by atoms with Crippen molar-refractivity contribution in [1.82, 2.24) is 0 Å². The van der Waals surface area contributed by atoms with E-state index in [4.69, 9.17) is 13.6 Å². The first-order valence-electron chi connectivity index (χ1n) is 10.8. The van der Waals surface area contributed by atoms with Gasteiger partial charge in [-0.2, -0.15) is 4.57 Å². The molecule has 3 aromatic carbocycles. The molecule has 32 heavy (non-hydrogen) atoms. The Morgan fingerprint density at radius 1 is 0.438 bits per heavy atom. The molecule has 0 spiro atoms. The van der Waals surface area contributed by atoms with Crippen LogP contribution in [0, 0.1) is 62.3 Å². The Morgan fingerprint density at radius 2 is 0.625 bits per heavy atom. The van der Waals surface area contributed by atoms with Crippen LogP contribution in [0.25, 0.3) is 0 Å². The van der Waals surface area contributed by atoms with E-state index >= 15 is 0 Å². The minimum absolute atomic E-state index is 0.517. The summed E-state index contributed by atoms with van der Waals surface area (Å²) in [4.78, 5) is 0. The highest BCUT2D eigenvalue weighted by Gasteiger charge is 2.36. The summed E-state index contributed by atoms with van der Waals surface area (Å²) in [6.45, 7) is 17.7. The smallest absolute Gasteiger partial charge is 0.385 e. The second-order valence-electron chi connectivity index (χ2n) is 8.90. The molecule has 0 bridgehead atoms. The number of benzene rings is 3. The fourth-order valence-electron chi connectivity index (χ4n) is 4.32. The number of phosphoric ester groups is 1. The lowest BCUT2D eigenvalue weighted by Crippen LogP contribution is -2.11. The largest absolute Gasteiger partial charge is 0.647 e. The summed E-state index contributed by atoms with van der Waals surface area (Å²) in [5.41, 5.74) is 8.61. The minimum atomic E-state index is -4.09. The average molecular weight is 453 g/mol. The van der Waals surface area contributed by atoms with Gasteiger partial charge in [0, 0.05) is 0 Å². The van der Waals surface area contributed by atoms with E-state index in [1.54, 1.807) is 0 Å². The summed E-state index contributed by atoms with van der Waals surface area (Å²) in [6, 6.07) is 12.0. The summed E-state index contributed by atoms with van der Waals surface area (Å²) in [7, 11) is -4.09. The van der Waals surface area contributed by atoms with Crippen LogP contribution in [0.3, 0.4) is 0 Å².